The molecule has 7 rings (SSSR count). The molecule has 15 nitrogen and oxygen atoms in total. The van der Waals surface area contributed by atoms with Gasteiger partial charge in [-0.15, -0.1) is 0 Å². The lowest BCUT2D eigenvalue weighted by Crippen LogP contribution is -2.66. The normalized spacial score (nSPS) is 37.9. The number of alkyl halides is 1. The van der Waals surface area contributed by atoms with Crippen LogP contribution in [0.4, 0.5) is 9.59 Å². The van der Waals surface area contributed by atoms with Gasteiger partial charge >= 0.3 is 12.2 Å². The molecule has 0 saturated carbocycles. The summed E-state index contributed by atoms with van der Waals surface area (Å²) in [7, 11) is 0. The molecule has 0 aliphatic carbocycles. The molecule has 0 N–H and O–H groups in total. The van der Waals surface area contributed by atoms with Gasteiger partial charge in [0.05, 0.1) is 13.2 Å². The Bertz CT molecular complexity index is 1400. The lowest BCUT2D eigenvalue weighted by Gasteiger charge is -2.48. The van der Waals surface area contributed by atoms with Gasteiger partial charge < -0.3 is 56.8 Å². The first-order chi connectivity index (χ1) is 24.2. The summed E-state index contributed by atoms with van der Waals surface area (Å²) in [6.45, 7) is 11.8. The van der Waals surface area contributed by atoms with Crippen LogP contribution in [0.2, 0.25) is 0 Å². The van der Waals surface area contributed by atoms with Crippen molar-refractivity contribution in [2.24, 2.45) is 0 Å². The fraction of sp³-hybridized carbons (Fsp3) is 0.771. The van der Waals surface area contributed by atoms with Crippen molar-refractivity contribution in [2.75, 3.05) is 19.8 Å². The maximum Gasteiger partial charge on any atom is 0.420 e. The Morgan fingerprint density at radius 3 is 2.37 bits per heavy atom. The van der Waals surface area contributed by atoms with Crippen LogP contribution in [0, 0.1) is 0 Å². The van der Waals surface area contributed by atoms with Gasteiger partial charge in [-0.05, 0) is 66.4 Å². The SMILES string of the molecule is CC1(C)O[C@H]2[C@@H](O1)[C@@H](COC(I)CCCCO[C@H]1O[C@@H]3COC(C)(C)O[C@H]3[C@@H]3OC(=O)N(C(=O)OCc4ccccc4)[C@H]13)O[C@@H]1OC(C)(C)O[C@@H]12. The highest BCUT2D eigenvalue weighted by Gasteiger charge is 2.63. The van der Waals surface area contributed by atoms with E-state index in [-0.39, 0.29) is 29.5 Å². The third-order valence-electron chi connectivity index (χ3n) is 9.56. The average molecular weight is 834 g/mol. The number of fused-ring (bicyclic) bond motifs is 6. The van der Waals surface area contributed by atoms with Crippen LogP contribution in [0.25, 0.3) is 0 Å². The first-order valence-corrected chi connectivity index (χ1v) is 18.8. The summed E-state index contributed by atoms with van der Waals surface area (Å²) < 4.78 is 72.6. The average Bonchev–Trinajstić information content (AvgIpc) is 3.70. The van der Waals surface area contributed by atoms with Gasteiger partial charge in [0.2, 0.25) is 0 Å². The number of hydrogen-bond donors (Lipinski definition) is 0. The third kappa shape index (κ3) is 8.35. The molecular formula is C35H48INO14. The summed E-state index contributed by atoms with van der Waals surface area (Å²) in [5.74, 6) is -2.49. The van der Waals surface area contributed by atoms with Crippen LogP contribution in [-0.2, 0) is 63.4 Å². The summed E-state index contributed by atoms with van der Waals surface area (Å²) in [5.41, 5.74) is 0.783. The second kappa shape index (κ2) is 14.8. The quantitative estimate of drug-likeness (QED) is 0.172. The Balaban J connectivity index is 0.913. The van der Waals surface area contributed by atoms with Gasteiger partial charge in [0.15, 0.2) is 36.0 Å². The molecule has 11 atom stereocenters. The number of benzene rings is 1. The smallest absolute Gasteiger partial charge is 0.420 e. The largest absolute Gasteiger partial charge is 0.444 e. The zero-order chi connectivity index (χ0) is 36.1. The van der Waals surface area contributed by atoms with Crippen molar-refractivity contribution in [3.63, 3.8) is 0 Å². The van der Waals surface area contributed by atoms with E-state index in [0.29, 0.717) is 19.6 Å². The first-order valence-electron chi connectivity index (χ1n) is 17.6. The van der Waals surface area contributed by atoms with E-state index in [0.717, 1.165) is 23.3 Å². The molecule has 6 aliphatic heterocycles. The number of carbonyl (C=O) groups excluding carboxylic acids is 2. The minimum absolute atomic E-state index is 0.00937. The number of imide groups is 1. The van der Waals surface area contributed by atoms with Crippen molar-refractivity contribution in [3.8, 4) is 0 Å². The Morgan fingerprint density at radius 2 is 1.59 bits per heavy atom. The van der Waals surface area contributed by atoms with E-state index in [4.69, 9.17) is 56.8 Å². The Hall–Kier alpha value is -1.71. The van der Waals surface area contributed by atoms with E-state index >= 15 is 0 Å². The molecule has 6 fully saturated rings. The number of ether oxygens (including phenoxy) is 12. The maximum atomic E-state index is 13.3. The molecule has 2 amide bonds. The van der Waals surface area contributed by atoms with Crippen LogP contribution < -0.4 is 0 Å². The number of unbranched alkanes of at least 4 members (excludes halogenated alkanes) is 1. The van der Waals surface area contributed by atoms with Gasteiger partial charge in [-0.3, -0.25) is 0 Å². The molecule has 51 heavy (non-hydrogen) atoms. The Morgan fingerprint density at radius 1 is 0.882 bits per heavy atom. The lowest BCUT2D eigenvalue weighted by atomic mass is 9.95. The van der Waals surface area contributed by atoms with Crippen molar-refractivity contribution in [2.45, 2.75) is 150 Å². The summed E-state index contributed by atoms with van der Waals surface area (Å²) in [5, 5.41) is 0. The Labute approximate surface area is 311 Å². The van der Waals surface area contributed by atoms with Crippen molar-refractivity contribution in [1.29, 1.82) is 0 Å². The molecule has 16 heteroatoms. The zero-order valence-electron chi connectivity index (χ0n) is 29.7. The van der Waals surface area contributed by atoms with Crippen LogP contribution in [0.3, 0.4) is 0 Å². The van der Waals surface area contributed by atoms with Crippen LogP contribution in [0.5, 0.6) is 0 Å². The van der Waals surface area contributed by atoms with Gasteiger partial charge in [0.25, 0.3) is 0 Å². The molecule has 6 saturated heterocycles. The molecule has 0 radical (unpaired) electrons. The molecule has 284 valence electrons. The van der Waals surface area contributed by atoms with Gasteiger partial charge in [-0.2, -0.15) is 4.90 Å². The maximum absolute atomic E-state index is 13.3. The minimum Gasteiger partial charge on any atom is -0.444 e. The highest BCUT2D eigenvalue weighted by molar-refractivity contribution is 14.1. The summed E-state index contributed by atoms with van der Waals surface area (Å²) in [6, 6.07) is 8.30. The monoisotopic (exact) mass is 833 g/mol. The molecule has 1 unspecified atom stereocenters. The van der Waals surface area contributed by atoms with Gasteiger partial charge in [-0.1, -0.05) is 52.9 Å². The van der Waals surface area contributed by atoms with Gasteiger partial charge in [0, 0.05) is 6.61 Å². The molecule has 0 aromatic heterocycles. The van der Waals surface area contributed by atoms with Crippen molar-refractivity contribution < 1.29 is 66.4 Å². The van der Waals surface area contributed by atoms with E-state index in [1.165, 1.54) is 0 Å². The fourth-order valence-corrected chi connectivity index (χ4v) is 8.00. The highest BCUT2D eigenvalue weighted by Crippen LogP contribution is 2.44. The minimum atomic E-state index is -0.975. The van der Waals surface area contributed by atoms with Crippen LogP contribution in [-0.4, -0.2) is 120 Å². The van der Waals surface area contributed by atoms with Crippen LogP contribution in [0.15, 0.2) is 30.3 Å². The van der Waals surface area contributed by atoms with E-state index in [1.807, 2.05) is 58.0 Å². The van der Waals surface area contributed by atoms with Crippen molar-refractivity contribution >= 4 is 34.8 Å². The number of carbonyl (C=O) groups is 2. The molecule has 6 aliphatic rings. The number of halogens is 1. The van der Waals surface area contributed by atoms with E-state index in [2.05, 4.69) is 22.6 Å². The van der Waals surface area contributed by atoms with Crippen LogP contribution in [0.1, 0.15) is 66.4 Å². The lowest BCUT2D eigenvalue weighted by molar-refractivity contribution is -0.365. The van der Waals surface area contributed by atoms with Gasteiger partial charge in [0.1, 0.15) is 53.4 Å². The highest BCUT2D eigenvalue weighted by atomic mass is 127. The van der Waals surface area contributed by atoms with E-state index in [1.54, 1.807) is 13.8 Å². The van der Waals surface area contributed by atoms with E-state index in [9.17, 15) is 9.59 Å². The number of hydrogen-bond acceptors (Lipinski definition) is 14. The molecular weight excluding hydrogens is 785 g/mol. The van der Waals surface area contributed by atoms with Gasteiger partial charge in [-0.25, -0.2) is 9.59 Å². The second-order valence-electron chi connectivity index (χ2n) is 14.9. The first kappa shape index (κ1) is 37.6. The predicted octanol–water partition coefficient (Wildman–Crippen LogP) is 4.75. The summed E-state index contributed by atoms with van der Waals surface area (Å²) in [4.78, 5) is 27.4. The summed E-state index contributed by atoms with van der Waals surface area (Å²) in [6.07, 6.45) is -4.58. The second-order valence-corrected chi connectivity index (χ2v) is 16.3. The predicted molar refractivity (Wildman–Crippen MR) is 182 cm³/mol. The topological polar surface area (TPSA) is 148 Å². The molecule has 0 bridgehead atoms. The molecule has 0 spiro atoms. The number of amides is 2. The van der Waals surface area contributed by atoms with Crippen molar-refractivity contribution in [3.05, 3.63) is 35.9 Å². The number of rotatable bonds is 11. The third-order valence-corrected chi connectivity index (χ3v) is 10.5. The molecule has 1 aromatic carbocycles. The molecule has 1 aromatic rings. The fourth-order valence-electron chi connectivity index (χ4n) is 7.35. The Kier molecular flexibility index (Phi) is 10.9. The molecule has 6 heterocycles. The standard InChI is InChI=1S/C35H48INO14/c1-33(2)43-18-21-24(47-33)26-23(37(32(39)46-26)31(38)42-16-19-12-8-7-9-13-19)29(44-21)40-15-11-10-14-22(36)41-17-20-25-27(49-34(3,4)48-25)28-30(45-20)51-35(5,6)50-28/h7-9,12-13,20-30H,10-11,14-18H2,1-6H3/t20-,21-,22?,23+,24-,25+,26-,27+,28-,29+,30-/m1/s1. The summed E-state index contributed by atoms with van der Waals surface area (Å²) >= 11 is 2.27. The van der Waals surface area contributed by atoms with Crippen LogP contribution >= 0.6 is 22.6 Å². The van der Waals surface area contributed by atoms with Crippen molar-refractivity contribution in [1.82, 2.24) is 4.90 Å². The zero-order valence-corrected chi connectivity index (χ0v) is 31.9. The van der Waals surface area contributed by atoms with E-state index < -0.39 is 78.7 Å². The number of nitrogens with zero attached hydrogens (tertiary/aromatic N) is 1.